The lowest BCUT2D eigenvalue weighted by atomic mass is 9.99. The predicted octanol–water partition coefficient (Wildman–Crippen LogP) is 3.34. The number of benzene rings is 1. The Bertz CT molecular complexity index is 1360. The van der Waals surface area contributed by atoms with Gasteiger partial charge in [0, 0.05) is 48.8 Å². The quantitative estimate of drug-likeness (QED) is 0.598. The van der Waals surface area contributed by atoms with Crippen LogP contribution in [0.3, 0.4) is 0 Å². The van der Waals surface area contributed by atoms with Gasteiger partial charge in [-0.05, 0) is 49.0 Å². The summed E-state index contributed by atoms with van der Waals surface area (Å²) in [5.74, 6) is -1.49. The van der Waals surface area contributed by atoms with Gasteiger partial charge in [-0.3, -0.25) is 14.5 Å². The van der Waals surface area contributed by atoms with Crippen molar-refractivity contribution >= 4 is 22.4 Å². The number of H-pyrrole nitrogens is 1. The highest BCUT2D eigenvalue weighted by atomic mass is 19.1. The highest BCUT2D eigenvalue weighted by Gasteiger charge is 2.22. The molecule has 0 spiro atoms. The summed E-state index contributed by atoms with van der Waals surface area (Å²) in [5, 5.41) is 3.23. The lowest BCUT2D eigenvalue weighted by molar-refractivity contribution is 0.0957. The highest BCUT2D eigenvalue weighted by molar-refractivity contribution is 5.92. The zero-order valence-electron chi connectivity index (χ0n) is 18.3. The molecule has 3 heterocycles. The normalized spacial score (nSPS) is 16.0. The van der Waals surface area contributed by atoms with Gasteiger partial charge in [-0.15, -0.1) is 0 Å². The fourth-order valence-corrected chi connectivity index (χ4v) is 4.86. The Morgan fingerprint density at radius 1 is 1.15 bits per heavy atom. The number of hydrogen-bond donors (Lipinski definition) is 2. The van der Waals surface area contributed by atoms with Gasteiger partial charge < -0.3 is 10.3 Å². The lowest BCUT2D eigenvalue weighted by Gasteiger charge is -2.27. The van der Waals surface area contributed by atoms with E-state index in [1.807, 2.05) is 12.1 Å². The van der Waals surface area contributed by atoms with Gasteiger partial charge >= 0.3 is 0 Å². The number of pyridine rings is 2. The predicted molar refractivity (Wildman–Crippen MR) is 122 cm³/mol. The number of fused-ring (bicyclic) bond motifs is 3. The van der Waals surface area contributed by atoms with Crippen molar-refractivity contribution in [3.05, 3.63) is 80.4 Å². The van der Waals surface area contributed by atoms with Gasteiger partial charge in [0.1, 0.15) is 5.69 Å². The minimum atomic E-state index is -0.673. The third kappa shape index (κ3) is 3.84. The topological polar surface area (TPSA) is 78.1 Å². The molecule has 1 aliphatic carbocycles. The van der Waals surface area contributed by atoms with Crippen LogP contribution >= 0.6 is 0 Å². The maximum absolute atomic E-state index is 15.3. The molecule has 0 fully saturated rings. The molecule has 0 radical (unpaired) electrons. The third-order valence-electron chi connectivity index (χ3n) is 6.62. The molecular formula is C25H24F2N4O2. The van der Waals surface area contributed by atoms with E-state index >= 15 is 4.39 Å². The average Bonchev–Trinajstić information content (AvgIpc) is 3.32. The molecule has 0 unspecified atom stereocenters. The van der Waals surface area contributed by atoms with E-state index in [4.69, 9.17) is 0 Å². The van der Waals surface area contributed by atoms with Crippen LogP contribution in [0.1, 0.15) is 45.6 Å². The van der Waals surface area contributed by atoms with Gasteiger partial charge in [-0.25, -0.2) is 9.37 Å². The van der Waals surface area contributed by atoms with E-state index in [-0.39, 0.29) is 22.6 Å². The third-order valence-corrected chi connectivity index (χ3v) is 6.62. The molecule has 2 aromatic heterocycles. The summed E-state index contributed by atoms with van der Waals surface area (Å²) in [6.07, 6.45) is 4.98. The van der Waals surface area contributed by atoms with Gasteiger partial charge in [0.2, 0.25) is 5.95 Å². The first-order chi connectivity index (χ1) is 16.0. The SMILES string of the molecule is CNC(=O)c1ccc(C2=CCN(Cc3ccc4c5c(c(=O)[nH]c4c3F)CCC5)CC2)c(F)n1. The van der Waals surface area contributed by atoms with Crippen LogP contribution in [0.5, 0.6) is 0 Å². The Balaban J connectivity index is 1.35. The van der Waals surface area contributed by atoms with Crippen LogP contribution in [0.15, 0.2) is 35.1 Å². The van der Waals surface area contributed by atoms with Crippen LogP contribution in [-0.2, 0) is 19.4 Å². The van der Waals surface area contributed by atoms with E-state index in [2.05, 4.69) is 20.2 Å². The average molecular weight is 450 g/mol. The van der Waals surface area contributed by atoms with E-state index in [1.54, 1.807) is 12.1 Å². The summed E-state index contributed by atoms with van der Waals surface area (Å²) >= 11 is 0. The van der Waals surface area contributed by atoms with Crippen LogP contribution in [-0.4, -0.2) is 40.9 Å². The van der Waals surface area contributed by atoms with Crippen molar-refractivity contribution in [1.29, 1.82) is 0 Å². The number of nitrogens with one attached hydrogen (secondary N) is 2. The number of aryl methyl sites for hydroxylation is 1. The molecular weight excluding hydrogens is 426 g/mol. The number of rotatable bonds is 4. The van der Waals surface area contributed by atoms with Crippen LogP contribution < -0.4 is 10.9 Å². The first-order valence-electron chi connectivity index (χ1n) is 11.1. The first-order valence-corrected chi connectivity index (χ1v) is 11.1. The fourth-order valence-electron chi connectivity index (χ4n) is 4.86. The summed E-state index contributed by atoms with van der Waals surface area (Å²) in [6, 6.07) is 6.79. The molecule has 2 aliphatic rings. The summed E-state index contributed by atoms with van der Waals surface area (Å²) < 4.78 is 29.8. The molecule has 6 nitrogen and oxygen atoms in total. The smallest absolute Gasteiger partial charge is 0.269 e. The second-order valence-corrected chi connectivity index (χ2v) is 8.55. The van der Waals surface area contributed by atoms with Crippen LogP contribution in [0.25, 0.3) is 16.5 Å². The summed E-state index contributed by atoms with van der Waals surface area (Å²) in [4.78, 5) is 32.6. The monoisotopic (exact) mass is 450 g/mol. The van der Waals surface area contributed by atoms with Crippen molar-refractivity contribution in [3.8, 4) is 0 Å². The second kappa shape index (κ2) is 8.51. The summed E-state index contributed by atoms with van der Waals surface area (Å²) in [6.45, 7) is 1.55. The van der Waals surface area contributed by atoms with Crippen molar-refractivity contribution in [3.63, 3.8) is 0 Å². The van der Waals surface area contributed by atoms with Gasteiger partial charge in [0.15, 0.2) is 5.82 Å². The Kier molecular flexibility index (Phi) is 5.54. The van der Waals surface area contributed by atoms with Gasteiger partial charge in [0.05, 0.1) is 5.52 Å². The molecule has 3 aromatic rings. The number of aromatic amines is 1. The molecule has 1 aromatic carbocycles. The van der Waals surface area contributed by atoms with Crippen LogP contribution in [0.4, 0.5) is 8.78 Å². The lowest BCUT2D eigenvalue weighted by Crippen LogP contribution is -2.28. The minimum Gasteiger partial charge on any atom is -0.354 e. The highest BCUT2D eigenvalue weighted by Crippen LogP contribution is 2.30. The molecule has 33 heavy (non-hydrogen) atoms. The van der Waals surface area contributed by atoms with E-state index in [1.165, 1.54) is 13.1 Å². The van der Waals surface area contributed by atoms with Crippen molar-refractivity contribution in [1.82, 2.24) is 20.2 Å². The summed E-state index contributed by atoms with van der Waals surface area (Å²) in [5.41, 5.74) is 3.62. The molecule has 0 saturated heterocycles. The van der Waals surface area contributed by atoms with Crippen molar-refractivity contribution in [2.24, 2.45) is 0 Å². The van der Waals surface area contributed by atoms with E-state index in [9.17, 15) is 14.0 Å². The number of carbonyl (C=O) groups excluding carboxylic acids is 1. The number of nitrogens with zero attached hydrogens (tertiary/aromatic N) is 2. The molecule has 2 N–H and O–H groups in total. The van der Waals surface area contributed by atoms with Crippen LogP contribution in [0, 0.1) is 11.8 Å². The molecule has 0 saturated carbocycles. The van der Waals surface area contributed by atoms with Crippen molar-refractivity contribution < 1.29 is 13.6 Å². The zero-order chi connectivity index (χ0) is 23.1. The Morgan fingerprint density at radius 2 is 1.97 bits per heavy atom. The van der Waals surface area contributed by atoms with E-state index < -0.39 is 11.9 Å². The van der Waals surface area contributed by atoms with Gasteiger partial charge in [-0.1, -0.05) is 18.2 Å². The maximum Gasteiger partial charge on any atom is 0.269 e. The molecule has 5 rings (SSSR count). The Labute approximate surface area is 189 Å². The number of amides is 1. The molecule has 1 aliphatic heterocycles. The number of carbonyl (C=O) groups is 1. The first kappa shape index (κ1) is 21.5. The molecule has 0 atom stereocenters. The Morgan fingerprint density at radius 3 is 2.70 bits per heavy atom. The number of aromatic nitrogens is 2. The van der Waals surface area contributed by atoms with E-state index in [0.717, 1.165) is 41.3 Å². The van der Waals surface area contributed by atoms with Crippen molar-refractivity contribution in [2.75, 3.05) is 20.1 Å². The fraction of sp³-hybridized carbons (Fsp3) is 0.320. The molecule has 0 bridgehead atoms. The zero-order valence-corrected chi connectivity index (χ0v) is 18.3. The second-order valence-electron chi connectivity index (χ2n) is 8.55. The van der Waals surface area contributed by atoms with E-state index in [0.29, 0.717) is 37.2 Å². The van der Waals surface area contributed by atoms with Gasteiger partial charge in [0.25, 0.3) is 11.5 Å². The van der Waals surface area contributed by atoms with Crippen LogP contribution in [0.2, 0.25) is 0 Å². The maximum atomic E-state index is 15.3. The minimum absolute atomic E-state index is 0.0345. The summed E-state index contributed by atoms with van der Waals surface area (Å²) in [7, 11) is 1.47. The molecule has 170 valence electrons. The molecule has 1 amide bonds. The standard InChI is InChI=1S/C25H24F2N4O2/c1-28-25(33)20-8-7-16(23(27)29-20)14-9-11-31(12-10-14)13-15-5-6-18-17-3-2-4-19(17)24(32)30-22(18)21(15)26/h5-9H,2-4,10-13H2,1H3,(H,28,33)(H,30,32). The van der Waals surface area contributed by atoms with Crippen molar-refractivity contribution in [2.45, 2.75) is 32.2 Å². The molecule has 8 heteroatoms. The van der Waals surface area contributed by atoms with Gasteiger partial charge in [-0.2, -0.15) is 4.39 Å². The largest absolute Gasteiger partial charge is 0.354 e. The Hall–Kier alpha value is -3.39. The number of halogens is 2. The number of hydrogen-bond acceptors (Lipinski definition) is 4.